The van der Waals surface area contributed by atoms with Gasteiger partial charge in [0.1, 0.15) is 12.7 Å². The van der Waals surface area contributed by atoms with Gasteiger partial charge in [0.05, 0.1) is 0 Å². The van der Waals surface area contributed by atoms with Crippen molar-refractivity contribution in [3.05, 3.63) is 12.7 Å². The van der Waals surface area contributed by atoms with E-state index >= 15 is 0 Å². The summed E-state index contributed by atoms with van der Waals surface area (Å²) in [6.45, 7) is 5.76. The highest BCUT2D eigenvalue weighted by molar-refractivity contribution is 5.37. The first-order valence-corrected chi connectivity index (χ1v) is 6.92. The Morgan fingerprint density at radius 3 is 2.50 bits per heavy atom. The first-order valence-electron chi connectivity index (χ1n) is 6.92. The van der Waals surface area contributed by atoms with Crippen molar-refractivity contribution in [1.82, 2.24) is 29.7 Å². The molecule has 0 bridgehead atoms. The van der Waals surface area contributed by atoms with Crippen LogP contribution in [0.3, 0.4) is 0 Å². The van der Waals surface area contributed by atoms with Crippen LogP contribution in [-0.2, 0) is 0 Å². The molecular weight excluding hydrogens is 256 g/mol. The lowest BCUT2D eigenvalue weighted by Gasteiger charge is -2.08. The fourth-order valence-electron chi connectivity index (χ4n) is 1.67. The molecule has 0 aliphatic heterocycles. The molecule has 2 N–H and O–H groups in total. The minimum atomic E-state index is 0.450. The van der Waals surface area contributed by atoms with E-state index in [2.05, 4.69) is 42.6 Å². The van der Waals surface area contributed by atoms with Gasteiger partial charge in [-0.15, -0.1) is 0 Å². The molecule has 108 valence electrons. The van der Waals surface area contributed by atoms with Gasteiger partial charge in [-0.05, 0) is 13.3 Å². The van der Waals surface area contributed by atoms with E-state index in [1.165, 1.54) is 23.9 Å². The molecule has 8 nitrogen and oxygen atoms in total. The molecule has 0 aliphatic carbocycles. The molecule has 0 saturated carbocycles. The predicted octanol–water partition coefficient (Wildman–Crippen LogP) is 1.49. The molecule has 8 heteroatoms. The van der Waals surface area contributed by atoms with E-state index in [0.717, 1.165) is 19.5 Å². The first kappa shape index (κ1) is 14.2. The Hall–Kier alpha value is -2.25. The van der Waals surface area contributed by atoms with Crippen LogP contribution in [0.4, 0.5) is 11.9 Å². The Kier molecular flexibility index (Phi) is 5.22. The van der Waals surface area contributed by atoms with Gasteiger partial charge in [-0.2, -0.15) is 24.7 Å². The second kappa shape index (κ2) is 7.37. The van der Waals surface area contributed by atoms with E-state index in [4.69, 9.17) is 0 Å². The molecular formula is C12H20N8. The molecule has 0 amide bonds. The van der Waals surface area contributed by atoms with Crippen LogP contribution in [0.1, 0.15) is 33.1 Å². The normalized spacial score (nSPS) is 10.5. The highest BCUT2D eigenvalue weighted by Crippen LogP contribution is 2.08. The average Bonchev–Trinajstić information content (AvgIpc) is 2.98. The lowest BCUT2D eigenvalue weighted by Crippen LogP contribution is -2.13. The van der Waals surface area contributed by atoms with Gasteiger partial charge < -0.3 is 10.6 Å². The zero-order valence-electron chi connectivity index (χ0n) is 11.9. The van der Waals surface area contributed by atoms with Crippen LogP contribution >= 0.6 is 0 Å². The van der Waals surface area contributed by atoms with Crippen LogP contribution in [0.25, 0.3) is 5.95 Å². The van der Waals surface area contributed by atoms with Crippen molar-refractivity contribution >= 4 is 11.9 Å². The Balaban J connectivity index is 2.13. The van der Waals surface area contributed by atoms with Gasteiger partial charge in [0.15, 0.2) is 0 Å². The van der Waals surface area contributed by atoms with Crippen molar-refractivity contribution in [2.24, 2.45) is 0 Å². The van der Waals surface area contributed by atoms with Crippen LogP contribution in [0.15, 0.2) is 12.7 Å². The van der Waals surface area contributed by atoms with Crippen molar-refractivity contribution in [3.8, 4) is 5.95 Å². The molecule has 0 atom stereocenters. The number of nitrogens with one attached hydrogen (secondary N) is 2. The highest BCUT2D eigenvalue weighted by atomic mass is 15.4. The monoisotopic (exact) mass is 276 g/mol. The summed E-state index contributed by atoms with van der Waals surface area (Å²) in [5.41, 5.74) is 0. The van der Waals surface area contributed by atoms with Gasteiger partial charge in [0.25, 0.3) is 5.95 Å². The molecule has 0 spiro atoms. The Labute approximate surface area is 118 Å². The number of hydrogen-bond acceptors (Lipinski definition) is 7. The number of nitrogens with zero attached hydrogens (tertiary/aromatic N) is 6. The minimum Gasteiger partial charge on any atom is -0.354 e. The SMILES string of the molecule is CCCCCNc1nc(NCC)nc(-n2cncn2)n1. The van der Waals surface area contributed by atoms with Crippen molar-refractivity contribution in [1.29, 1.82) is 0 Å². The topological polar surface area (TPSA) is 93.4 Å². The molecule has 2 aromatic rings. The maximum Gasteiger partial charge on any atom is 0.258 e. The Bertz CT molecular complexity index is 510. The lowest BCUT2D eigenvalue weighted by molar-refractivity contribution is 0.736. The van der Waals surface area contributed by atoms with Crippen molar-refractivity contribution < 1.29 is 0 Å². The summed E-state index contributed by atoms with van der Waals surface area (Å²) in [6.07, 6.45) is 6.48. The molecule has 0 fully saturated rings. The summed E-state index contributed by atoms with van der Waals surface area (Å²) in [5, 5.41) is 10.3. The highest BCUT2D eigenvalue weighted by Gasteiger charge is 2.07. The largest absolute Gasteiger partial charge is 0.354 e. The molecule has 0 unspecified atom stereocenters. The zero-order chi connectivity index (χ0) is 14.2. The lowest BCUT2D eigenvalue weighted by atomic mass is 10.2. The van der Waals surface area contributed by atoms with Crippen molar-refractivity contribution in [3.63, 3.8) is 0 Å². The molecule has 2 heterocycles. The summed E-state index contributed by atoms with van der Waals surface area (Å²) in [5.74, 6) is 1.54. The van der Waals surface area contributed by atoms with Gasteiger partial charge >= 0.3 is 0 Å². The van der Waals surface area contributed by atoms with E-state index in [-0.39, 0.29) is 0 Å². The van der Waals surface area contributed by atoms with Crippen molar-refractivity contribution in [2.45, 2.75) is 33.1 Å². The maximum absolute atomic E-state index is 4.34. The van der Waals surface area contributed by atoms with Crippen LogP contribution in [-0.4, -0.2) is 42.8 Å². The molecule has 2 rings (SSSR count). The van der Waals surface area contributed by atoms with Gasteiger partial charge in [-0.3, -0.25) is 0 Å². The summed E-state index contributed by atoms with van der Waals surface area (Å²) < 4.78 is 1.51. The van der Waals surface area contributed by atoms with Crippen LogP contribution < -0.4 is 10.6 Å². The first-order chi connectivity index (χ1) is 9.83. The molecule has 0 aliphatic rings. The van der Waals surface area contributed by atoms with E-state index in [0.29, 0.717) is 17.8 Å². The van der Waals surface area contributed by atoms with Crippen LogP contribution in [0.2, 0.25) is 0 Å². The summed E-state index contributed by atoms with van der Waals surface area (Å²) in [4.78, 5) is 16.9. The molecule has 0 radical (unpaired) electrons. The maximum atomic E-state index is 4.34. The number of anilines is 2. The summed E-state index contributed by atoms with van der Waals surface area (Å²) in [7, 11) is 0. The third-order valence-electron chi connectivity index (χ3n) is 2.65. The van der Waals surface area contributed by atoms with Crippen molar-refractivity contribution in [2.75, 3.05) is 23.7 Å². The van der Waals surface area contributed by atoms with E-state index in [1.54, 1.807) is 6.33 Å². The Morgan fingerprint density at radius 2 is 1.85 bits per heavy atom. The molecule has 0 aromatic carbocycles. The van der Waals surface area contributed by atoms with E-state index in [1.807, 2.05) is 6.92 Å². The fourth-order valence-corrected chi connectivity index (χ4v) is 1.67. The number of hydrogen-bond donors (Lipinski definition) is 2. The predicted molar refractivity (Wildman–Crippen MR) is 76.9 cm³/mol. The zero-order valence-corrected chi connectivity index (χ0v) is 11.9. The summed E-state index contributed by atoms with van der Waals surface area (Å²) >= 11 is 0. The number of rotatable bonds is 8. The Morgan fingerprint density at radius 1 is 1.05 bits per heavy atom. The fraction of sp³-hybridized carbons (Fsp3) is 0.583. The van der Waals surface area contributed by atoms with Gasteiger partial charge in [0, 0.05) is 13.1 Å². The van der Waals surface area contributed by atoms with Crippen LogP contribution in [0.5, 0.6) is 0 Å². The second-order valence-corrected chi connectivity index (χ2v) is 4.29. The molecule has 2 aromatic heterocycles. The van der Waals surface area contributed by atoms with E-state index < -0.39 is 0 Å². The second-order valence-electron chi connectivity index (χ2n) is 4.29. The average molecular weight is 276 g/mol. The quantitative estimate of drug-likeness (QED) is 0.705. The number of unbranched alkanes of at least 4 members (excludes halogenated alkanes) is 2. The van der Waals surface area contributed by atoms with Gasteiger partial charge in [-0.1, -0.05) is 19.8 Å². The third kappa shape index (κ3) is 3.87. The molecule has 0 saturated heterocycles. The third-order valence-corrected chi connectivity index (χ3v) is 2.65. The molecule has 20 heavy (non-hydrogen) atoms. The van der Waals surface area contributed by atoms with Gasteiger partial charge in [-0.25, -0.2) is 4.98 Å². The minimum absolute atomic E-state index is 0.450. The van der Waals surface area contributed by atoms with E-state index in [9.17, 15) is 0 Å². The smallest absolute Gasteiger partial charge is 0.258 e. The van der Waals surface area contributed by atoms with Gasteiger partial charge in [0.2, 0.25) is 11.9 Å². The summed E-state index contributed by atoms with van der Waals surface area (Å²) in [6, 6.07) is 0. The number of aromatic nitrogens is 6. The van der Waals surface area contributed by atoms with Crippen LogP contribution in [0, 0.1) is 0 Å². The standard InChI is InChI=1S/C12H20N8/c1-3-5-6-7-15-11-17-10(14-4-2)18-12(19-11)20-9-13-8-16-20/h8-9H,3-7H2,1-2H3,(H2,14,15,17,18,19).